The van der Waals surface area contributed by atoms with Crippen LogP contribution in [-0.4, -0.2) is 0 Å². The molecule has 1 unspecified atom stereocenters. The zero-order valence-electron chi connectivity index (χ0n) is 12.7. The monoisotopic (exact) mass is 249 g/mol. The van der Waals surface area contributed by atoms with Gasteiger partial charge in [-0.2, -0.15) is 5.26 Å². The van der Waals surface area contributed by atoms with Crippen LogP contribution in [0.1, 0.15) is 85.0 Å². The summed E-state index contributed by atoms with van der Waals surface area (Å²) in [5.74, 6) is 1.67. The molecule has 0 aromatic carbocycles. The zero-order valence-corrected chi connectivity index (χ0v) is 12.7. The van der Waals surface area contributed by atoms with E-state index in [1.54, 1.807) is 0 Å². The van der Waals surface area contributed by atoms with Crippen molar-refractivity contribution in [1.82, 2.24) is 0 Å². The summed E-state index contributed by atoms with van der Waals surface area (Å²) >= 11 is 0. The summed E-state index contributed by atoms with van der Waals surface area (Å²) in [4.78, 5) is 0. The van der Waals surface area contributed by atoms with Gasteiger partial charge in [0.2, 0.25) is 0 Å². The fourth-order valence-electron chi connectivity index (χ4n) is 3.50. The molecule has 0 aromatic rings. The molecule has 1 atom stereocenters. The molecule has 1 fully saturated rings. The molecule has 0 radical (unpaired) electrons. The van der Waals surface area contributed by atoms with Gasteiger partial charge in [-0.05, 0) is 43.9 Å². The number of hydrogen-bond donors (Lipinski definition) is 0. The Morgan fingerprint density at radius 3 is 2.33 bits per heavy atom. The highest BCUT2D eigenvalue weighted by Gasteiger charge is 2.36. The molecule has 0 N–H and O–H groups in total. The molecule has 18 heavy (non-hydrogen) atoms. The standard InChI is InChI=1S/C17H31N/c1-4-7-8-16(6-3)13-17(14-18)11-9-15(5-2)10-12-17/h15-16H,4-13H2,1-3H3. The summed E-state index contributed by atoms with van der Waals surface area (Å²) in [7, 11) is 0. The van der Waals surface area contributed by atoms with E-state index in [-0.39, 0.29) is 5.41 Å². The van der Waals surface area contributed by atoms with Gasteiger partial charge in [0.25, 0.3) is 0 Å². The van der Waals surface area contributed by atoms with Crippen molar-refractivity contribution in [2.75, 3.05) is 0 Å². The van der Waals surface area contributed by atoms with E-state index in [9.17, 15) is 5.26 Å². The van der Waals surface area contributed by atoms with Crippen molar-refractivity contribution >= 4 is 0 Å². The Kier molecular flexibility index (Phi) is 6.76. The summed E-state index contributed by atoms with van der Waals surface area (Å²) < 4.78 is 0. The highest BCUT2D eigenvalue weighted by Crippen LogP contribution is 2.45. The van der Waals surface area contributed by atoms with Crippen molar-refractivity contribution in [1.29, 1.82) is 5.26 Å². The molecule has 0 heterocycles. The van der Waals surface area contributed by atoms with Crippen LogP contribution in [0.4, 0.5) is 0 Å². The molecule has 1 aliphatic carbocycles. The lowest BCUT2D eigenvalue weighted by Gasteiger charge is -2.37. The molecule has 0 aliphatic heterocycles. The number of nitrogens with zero attached hydrogens (tertiary/aromatic N) is 1. The van der Waals surface area contributed by atoms with E-state index in [1.165, 1.54) is 44.9 Å². The van der Waals surface area contributed by atoms with Gasteiger partial charge in [-0.15, -0.1) is 0 Å². The molecular formula is C17H31N. The van der Waals surface area contributed by atoms with Crippen LogP contribution in [0.15, 0.2) is 0 Å². The maximum absolute atomic E-state index is 9.62. The molecule has 1 rings (SSSR count). The van der Waals surface area contributed by atoms with Gasteiger partial charge in [0.1, 0.15) is 0 Å². The Morgan fingerprint density at radius 1 is 1.22 bits per heavy atom. The molecular weight excluding hydrogens is 218 g/mol. The fraction of sp³-hybridized carbons (Fsp3) is 0.941. The summed E-state index contributed by atoms with van der Waals surface area (Å²) in [5, 5.41) is 9.62. The maximum atomic E-state index is 9.62. The van der Waals surface area contributed by atoms with Crippen LogP contribution < -0.4 is 0 Å². The number of nitriles is 1. The van der Waals surface area contributed by atoms with Crippen molar-refractivity contribution in [3.8, 4) is 6.07 Å². The van der Waals surface area contributed by atoms with E-state index in [4.69, 9.17) is 0 Å². The predicted octanol–water partition coefficient (Wildman–Crippen LogP) is 5.70. The van der Waals surface area contributed by atoms with Crippen LogP contribution in [0.3, 0.4) is 0 Å². The van der Waals surface area contributed by atoms with Gasteiger partial charge in [0, 0.05) is 0 Å². The first-order valence-corrected chi connectivity index (χ1v) is 8.11. The average Bonchev–Trinajstić information content (AvgIpc) is 2.44. The highest BCUT2D eigenvalue weighted by atomic mass is 14.4. The Morgan fingerprint density at radius 2 is 1.89 bits per heavy atom. The molecule has 1 saturated carbocycles. The zero-order chi connectivity index (χ0) is 13.4. The SMILES string of the molecule is CCCCC(CC)CC1(C#N)CCC(CC)CC1. The normalized spacial score (nSPS) is 29.8. The third kappa shape index (κ3) is 4.30. The lowest BCUT2D eigenvalue weighted by atomic mass is 9.66. The van der Waals surface area contributed by atoms with Crippen molar-refractivity contribution in [3.63, 3.8) is 0 Å². The fourth-order valence-corrected chi connectivity index (χ4v) is 3.50. The van der Waals surface area contributed by atoms with Crippen LogP contribution in [0.5, 0.6) is 0 Å². The minimum Gasteiger partial charge on any atom is -0.198 e. The van der Waals surface area contributed by atoms with Crippen molar-refractivity contribution < 1.29 is 0 Å². The topological polar surface area (TPSA) is 23.8 Å². The van der Waals surface area contributed by atoms with Gasteiger partial charge in [0.05, 0.1) is 11.5 Å². The van der Waals surface area contributed by atoms with Gasteiger partial charge in [-0.25, -0.2) is 0 Å². The Balaban J connectivity index is 2.52. The molecule has 0 spiro atoms. The van der Waals surface area contributed by atoms with Gasteiger partial charge >= 0.3 is 0 Å². The first kappa shape index (κ1) is 15.5. The lowest BCUT2D eigenvalue weighted by molar-refractivity contribution is 0.161. The smallest absolute Gasteiger partial charge is 0.0689 e. The summed E-state index contributed by atoms with van der Waals surface area (Å²) in [5.41, 5.74) is 0.0279. The second-order valence-corrected chi connectivity index (χ2v) is 6.36. The first-order chi connectivity index (χ1) is 8.69. The van der Waals surface area contributed by atoms with E-state index in [1.807, 2.05) is 0 Å². The quantitative estimate of drug-likeness (QED) is 0.567. The molecule has 1 nitrogen and oxygen atoms in total. The Labute approximate surface area is 114 Å². The highest BCUT2D eigenvalue weighted by molar-refractivity contribution is 5.02. The van der Waals surface area contributed by atoms with Gasteiger partial charge in [0.15, 0.2) is 0 Å². The molecule has 0 bridgehead atoms. The average molecular weight is 249 g/mol. The second kappa shape index (κ2) is 7.82. The Bertz CT molecular complexity index is 255. The minimum absolute atomic E-state index is 0.0279. The number of rotatable bonds is 7. The number of hydrogen-bond acceptors (Lipinski definition) is 1. The molecule has 104 valence electrons. The molecule has 0 saturated heterocycles. The van der Waals surface area contributed by atoms with Crippen LogP contribution in [0, 0.1) is 28.6 Å². The van der Waals surface area contributed by atoms with Crippen LogP contribution in [0.25, 0.3) is 0 Å². The maximum Gasteiger partial charge on any atom is 0.0689 e. The van der Waals surface area contributed by atoms with Crippen molar-refractivity contribution in [3.05, 3.63) is 0 Å². The summed E-state index contributed by atoms with van der Waals surface area (Å²) in [6.45, 7) is 6.85. The van der Waals surface area contributed by atoms with Crippen molar-refractivity contribution in [2.45, 2.75) is 85.0 Å². The summed E-state index contributed by atoms with van der Waals surface area (Å²) in [6.07, 6.45) is 12.5. The van der Waals surface area contributed by atoms with Crippen molar-refractivity contribution in [2.24, 2.45) is 17.3 Å². The lowest BCUT2D eigenvalue weighted by Crippen LogP contribution is -2.28. The van der Waals surface area contributed by atoms with Crippen LogP contribution >= 0.6 is 0 Å². The molecule has 0 aromatic heterocycles. The van der Waals surface area contributed by atoms with Gasteiger partial charge in [-0.1, -0.05) is 52.9 Å². The summed E-state index contributed by atoms with van der Waals surface area (Å²) in [6, 6.07) is 2.70. The van der Waals surface area contributed by atoms with E-state index in [2.05, 4.69) is 26.8 Å². The third-order valence-corrected chi connectivity index (χ3v) is 5.10. The first-order valence-electron chi connectivity index (χ1n) is 8.11. The van der Waals surface area contributed by atoms with E-state index < -0.39 is 0 Å². The van der Waals surface area contributed by atoms with Crippen LogP contribution in [-0.2, 0) is 0 Å². The van der Waals surface area contributed by atoms with Crippen LogP contribution in [0.2, 0.25) is 0 Å². The number of unbranched alkanes of at least 4 members (excludes halogenated alkanes) is 1. The molecule has 0 amide bonds. The molecule has 1 aliphatic rings. The van der Waals surface area contributed by atoms with E-state index in [0.29, 0.717) is 0 Å². The second-order valence-electron chi connectivity index (χ2n) is 6.36. The molecule has 1 heteroatoms. The minimum atomic E-state index is 0.0279. The predicted molar refractivity (Wildman–Crippen MR) is 78.2 cm³/mol. The van der Waals surface area contributed by atoms with Gasteiger partial charge in [-0.3, -0.25) is 0 Å². The van der Waals surface area contributed by atoms with E-state index in [0.717, 1.165) is 31.1 Å². The van der Waals surface area contributed by atoms with Gasteiger partial charge < -0.3 is 0 Å². The Hall–Kier alpha value is -0.510. The third-order valence-electron chi connectivity index (χ3n) is 5.10. The van der Waals surface area contributed by atoms with E-state index >= 15 is 0 Å². The largest absolute Gasteiger partial charge is 0.198 e.